The molecule has 0 bridgehead atoms. The summed E-state index contributed by atoms with van der Waals surface area (Å²) in [6.07, 6.45) is 4.67. The molecule has 0 aliphatic carbocycles. The average Bonchev–Trinajstić information content (AvgIpc) is 2.38. The van der Waals surface area contributed by atoms with Gasteiger partial charge in [0.05, 0.1) is 11.0 Å². The Morgan fingerprint density at radius 1 is 1.25 bits per heavy atom. The predicted octanol–water partition coefficient (Wildman–Crippen LogP) is 3.33. The van der Waals surface area contributed by atoms with Gasteiger partial charge in [-0.15, -0.1) is 0 Å². The van der Waals surface area contributed by atoms with E-state index in [1.807, 2.05) is 31.2 Å². The molecule has 0 aliphatic heterocycles. The Balaban J connectivity index is 2.58. The van der Waals surface area contributed by atoms with Gasteiger partial charge in [0.15, 0.2) is 0 Å². The van der Waals surface area contributed by atoms with E-state index in [0.29, 0.717) is 6.42 Å². The van der Waals surface area contributed by atoms with Crippen molar-refractivity contribution in [3.05, 3.63) is 29.8 Å². The smallest absolute Gasteiger partial charge is 0.125 e. The average molecular weight is 297 g/mol. The molecule has 1 rings (SSSR count). The molecule has 0 amide bonds. The van der Waals surface area contributed by atoms with E-state index >= 15 is 0 Å². The van der Waals surface area contributed by atoms with Crippen molar-refractivity contribution in [2.75, 3.05) is 0 Å². The van der Waals surface area contributed by atoms with Gasteiger partial charge in [0.25, 0.3) is 0 Å². The zero-order chi connectivity index (χ0) is 15.0. The molecule has 1 aromatic rings. The number of aryl methyl sites for hydroxylation is 1. The maximum Gasteiger partial charge on any atom is 0.125 e. The molecule has 0 fully saturated rings. The molecule has 114 valence electrons. The summed E-state index contributed by atoms with van der Waals surface area (Å²) in [7, 11) is -1.20. The normalized spacial score (nSPS) is 15.8. The first-order valence-electron chi connectivity index (χ1n) is 7.45. The van der Waals surface area contributed by atoms with Gasteiger partial charge < -0.3 is 5.11 Å². The van der Waals surface area contributed by atoms with Crippen molar-refractivity contribution in [2.24, 2.45) is 0 Å². The Hall–Kier alpha value is -0.710. The Morgan fingerprint density at radius 3 is 2.45 bits per heavy atom. The number of aliphatic hydroxyl groups excluding tert-OH is 1. The molecule has 4 heteroatoms. The van der Waals surface area contributed by atoms with Crippen LogP contribution in [0.4, 0.5) is 0 Å². The summed E-state index contributed by atoms with van der Waals surface area (Å²) in [6, 6.07) is 7.82. The topological polar surface area (TPSA) is 49.3 Å². The fraction of sp³-hybridized carbons (Fsp3) is 0.625. The van der Waals surface area contributed by atoms with Crippen LogP contribution in [0.5, 0.6) is 0 Å². The van der Waals surface area contributed by atoms with Gasteiger partial charge in [-0.2, -0.15) is 0 Å². The third kappa shape index (κ3) is 6.64. The maximum atomic E-state index is 12.3. The van der Waals surface area contributed by atoms with Crippen molar-refractivity contribution in [2.45, 2.75) is 69.9 Å². The van der Waals surface area contributed by atoms with Crippen LogP contribution < -0.4 is 4.72 Å². The van der Waals surface area contributed by atoms with Crippen LogP contribution in [0.2, 0.25) is 0 Å². The van der Waals surface area contributed by atoms with Crippen LogP contribution in [-0.2, 0) is 11.0 Å². The highest BCUT2D eigenvalue weighted by Crippen LogP contribution is 2.13. The molecule has 3 atom stereocenters. The highest BCUT2D eigenvalue weighted by atomic mass is 32.2. The number of hydrogen-bond acceptors (Lipinski definition) is 2. The van der Waals surface area contributed by atoms with E-state index in [1.54, 1.807) is 6.92 Å². The van der Waals surface area contributed by atoms with Crippen LogP contribution >= 0.6 is 0 Å². The summed E-state index contributed by atoms with van der Waals surface area (Å²) in [5.41, 5.74) is 1.16. The standard InChI is InChI=1S/C16H27NO2S/c1-4-5-6-7-15(12-14(3)18)17-20(19)16-10-8-13(2)9-11-16/h8-11,14-15,17-18H,4-7,12H2,1-3H3/t14-,15+,20+/m1/s1. The van der Waals surface area contributed by atoms with E-state index in [2.05, 4.69) is 11.6 Å². The van der Waals surface area contributed by atoms with E-state index in [1.165, 1.54) is 12.8 Å². The first-order chi connectivity index (χ1) is 9.52. The molecular formula is C16H27NO2S. The first kappa shape index (κ1) is 17.3. The van der Waals surface area contributed by atoms with E-state index < -0.39 is 11.0 Å². The minimum Gasteiger partial charge on any atom is -0.393 e. The molecule has 0 radical (unpaired) electrons. The van der Waals surface area contributed by atoms with Crippen molar-refractivity contribution in [1.82, 2.24) is 4.72 Å². The SMILES string of the molecule is CCCCC[C@@H](C[C@@H](C)O)N[S@@](=O)c1ccc(C)cc1. The summed E-state index contributed by atoms with van der Waals surface area (Å²) in [6.45, 7) is 5.96. The van der Waals surface area contributed by atoms with Gasteiger partial charge in [-0.05, 0) is 38.8 Å². The molecule has 2 N–H and O–H groups in total. The van der Waals surface area contributed by atoms with E-state index in [-0.39, 0.29) is 12.1 Å². The van der Waals surface area contributed by atoms with E-state index in [9.17, 15) is 9.32 Å². The lowest BCUT2D eigenvalue weighted by atomic mass is 10.0. The summed E-state index contributed by atoms with van der Waals surface area (Å²) in [5, 5.41) is 9.56. The lowest BCUT2D eigenvalue weighted by Crippen LogP contribution is -2.33. The van der Waals surface area contributed by atoms with Crippen LogP contribution in [-0.4, -0.2) is 21.5 Å². The number of unbranched alkanes of at least 4 members (excludes halogenated alkanes) is 2. The number of aliphatic hydroxyl groups is 1. The van der Waals surface area contributed by atoms with Crippen LogP contribution in [0.3, 0.4) is 0 Å². The van der Waals surface area contributed by atoms with Gasteiger partial charge in [0.2, 0.25) is 0 Å². The minimum absolute atomic E-state index is 0.101. The molecule has 1 aromatic carbocycles. The monoisotopic (exact) mass is 297 g/mol. The van der Waals surface area contributed by atoms with Gasteiger partial charge in [0.1, 0.15) is 11.0 Å². The largest absolute Gasteiger partial charge is 0.393 e. The highest BCUT2D eigenvalue weighted by molar-refractivity contribution is 7.83. The van der Waals surface area contributed by atoms with Crippen LogP contribution in [0.25, 0.3) is 0 Å². The van der Waals surface area contributed by atoms with E-state index in [0.717, 1.165) is 23.3 Å². The van der Waals surface area contributed by atoms with Crippen molar-refractivity contribution < 1.29 is 9.32 Å². The number of nitrogens with one attached hydrogen (secondary N) is 1. The molecular weight excluding hydrogens is 270 g/mol. The minimum atomic E-state index is -1.20. The summed E-state index contributed by atoms with van der Waals surface area (Å²) >= 11 is 0. The quantitative estimate of drug-likeness (QED) is 0.687. The van der Waals surface area contributed by atoms with E-state index in [4.69, 9.17) is 0 Å². The molecule has 0 aromatic heterocycles. The maximum absolute atomic E-state index is 12.3. The third-order valence-corrected chi connectivity index (χ3v) is 4.54. The zero-order valence-corrected chi connectivity index (χ0v) is 13.6. The molecule has 0 unspecified atom stereocenters. The van der Waals surface area contributed by atoms with Crippen molar-refractivity contribution in [3.8, 4) is 0 Å². The molecule has 0 spiro atoms. The number of hydrogen-bond donors (Lipinski definition) is 2. The van der Waals surface area contributed by atoms with Gasteiger partial charge in [0, 0.05) is 6.04 Å². The van der Waals surface area contributed by atoms with Crippen LogP contribution in [0.15, 0.2) is 29.2 Å². The molecule has 0 saturated heterocycles. The summed E-state index contributed by atoms with van der Waals surface area (Å²) < 4.78 is 15.5. The third-order valence-electron chi connectivity index (χ3n) is 3.29. The Bertz CT molecular complexity index is 403. The second kappa shape index (κ2) is 9.27. The molecule has 20 heavy (non-hydrogen) atoms. The molecule has 0 heterocycles. The number of benzene rings is 1. The summed E-state index contributed by atoms with van der Waals surface area (Å²) in [4.78, 5) is 0.793. The Kier molecular flexibility index (Phi) is 8.04. The van der Waals surface area contributed by atoms with Crippen molar-refractivity contribution in [3.63, 3.8) is 0 Å². The van der Waals surface area contributed by atoms with Gasteiger partial charge >= 0.3 is 0 Å². The first-order valence-corrected chi connectivity index (χ1v) is 8.60. The fourth-order valence-corrected chi connectivity index (χ4v) is 3.19. The zero-order valence-electron chi connectivity index (χ0n) is 12.8. The summed E-state index contributed by atoms with van der Waals surface area (Å²) in [5.74, 6) is 0. The molecule has 3 nitrogen and oxygen atoms in total. The van der Waals surface area contributed by atoms with Crippen molar-refractivity contribution in [1.29, 1.82) is 0 Å². The molecule has 0 saturated carbocycles. The Labute approximate surface area is 125 Å². The molecule has 0 aliphatic rings. The fourth-order valence-electron chi connectivity index (χ4n) is 2.16. The van der Waals surface area contributed by atoms with Gasteiger partial charge in [-0.25, -0.2) is 8.93 Å². The highest BCUT2D eigenvalue weighted by Gasteiger charge is 2.15. The lowest BCUT2D eigenvalue weighted by Gasteiger charge is -2.19. The predicted molar refractivity (Wildman–Crippen MR) is 85.0 cm³/mol. The van der Waals surface area contributed by atoms with Crippen molar-refractivity contribution >= 4 is 11.0 Å². The number of rotatable bonds is 9. The van der Waals surface area contributed by atoms with Crippen LogP contribution in [0, 0.1) is 6.92 Å². The second-order valence-corrected chi connectivity index (χ2v) is 6.72. The second-order valence-electron chi connectivity index (χ2n) is 5.48. The lowest BCUT2D eigenvalue weighted by molar-refractivity contribution is 0.170. The van der Waals surface area contributed by atoms with Crippen LogP contribution in [0.1, 0.15) is 51.5 Å². The Morgan fingerprint density at radius 2 is 1.90 bits per heavy atom. The van der Waals surface area contributed by atoms with Gasteiger partial charge in [-0.3, -0.25) is 0 Å². The van der Waals surface area contributed by atoms with Gasteiger partial charge in [-0.1, -0.05) is 43.9 Å².